The molecule has 1 aromatic rings. The largest absolute Gasteiger partial charge is 0.314 e. The summed E-state index contributed by atoms with van der Waals surface area (Å²) in [5.74, 6) is 3.60. The first-order chi connectivity index (χ1) is 8.95. The molecule has 2 fully saturated rings. The van der Waals surface area contributed by atoms with Gasteiger partial charge in [-0.25, -0.2) is 0 Å². The van der Waals surface area contributed by atoms with E-state index in [1.54, 1.807) is 4.88 Å². The summed E-state index contributed by atoms with van der Waals surface area (Å²) in [6.07, 6.45) is 2.80. The Labute approximate surface area is 118 Å². The molecular weight excluding hydrogens is 260 g/mol. The van der Waals surface area contributed by atoms with E-state index < -0.39 is 0 Å². The highest BCUT2D eigenvalue weighted by Crippen LogP contribution is 2.39. The van der Waals surface area contributed by atoms with Crippen molar-refractivity contribution in [2.45, 2.75) is 18.9 Å². The Hall–Kier alpha value is -0.0300. The second-order valence-corrected chi connectivity index (χ2v) is 7.40. The van der Waals surface area contributed by atoms with E-state index in [9.17, 15) is 0 Å². The zero-order chi connectivity index (χ0) is 12.2. The maximum absolute atomic E-state index is 3.48. The van der Waals surface area contributed by atoms with Crippen LogP contribution in [0, 0.1) is 5.92 Å². The number of hydrogen-bond acceptors (Lipinski definition) is 4. The van der Waals surface area contributed by atoms with Crippen LogP contribution in [-0.2, 0) is 0 Å². The van der Waals surface area contributed by atoms with Gasteiger partial charge in [0.15, 0.2) is 0 Å². The van der Waals surface area contributed by atoms with E-state index in [1.807, 2.05) is 11.3 Å². The van der Waals surface area contributed by atoms with Crippen molar-refractivity contribution in [3.05, 3.63) is 22.4 Å². The number of hydrogen-bond donors (Lipinski definition) is 1. The fourth-order valence-corrected chi connectivity index (χ4v) is 5.26. The molecule has 1 aromatic heterocycles. The van der Waals surface area contributed by atoms with Crippen molar-refractivity contribution in [1.82, 2.24) is 10.2 Å². The van der Waals surface area contributed by atoms with Gasteiger partial charge in [-0.15, -0.1) is 11.3 Å². The highest BCUT2D eigenvalue weighted by atomic mass is 32.2. The molecule has 2 saturated heterocycles. The van der Waals surface area contributed by atoms with Gasteiger partial charge in [0.2, 0.25) is 0 Å². The number of rotatable bonds is 3. The van der Waals surface area contributed by atoms with Crippen LogP contribution >= 0.6 is 23.1 Å². The first-order valence-electron chi connectivity index (χ1n) is 7.01. The Morgan fingerprint density at radius 1 is 1.22 bits per heavy atom. The Bertz CT molecular complexity index is 323. The van der Waals surface area contributed by atoms with Gasteiger partial charge in [-0.05, 0) is 41.7 Å². The van der Waals surface area contributed by atoms with E-state index in [1.165, 1.54) is 37.4 Å². The normalized spacial score (nSPS) is 25.1. The Morgan fingerprint density at radius 3 is 2.67 bits per heavy atom. The number of piperazine rings is 1. The van der Waals surface area contributed by atoms with Crippen LogP contribution in [0.5, 0.6) is 0 Å². The van der Waals surface area contributed by atoms with Gasteiger partial charge in [0.05, 0.1) is 0 Å². The predicted molar refractivity (Wildman–Crippen MR) is 81.6 cm³/mol. The average Bonchev–Trinajstić information content (AvgIpc) is 2.95. The number of thiophene rings is 1. The third kappa shape index (κ3) is 2.93. The summed E-state index contributed by atoms with van der Waals surface area (Å²) in [5, 5.41) is 5.71. The van der Waals surface area contributed by atoms with Gasteiger partial charge in [-0.2, -0.15) is 11.8 Å². The van der Waals surface area contributed by atoms with Gasteiger partial charge in [-0.3, -0.25) is 4.90 Å². The molecule has 3 heterocycles. The fourth-order valence-electron chi connectivity index (χ4n) is 3.16. The van der Waals surface area contributed by atoms with E-state index in [0.29, 0.717) is 6.04 Å². The van der Waals surface area contributed by atoms with E-state index in [2.05, 4.69) is 39.5 Å². The van der Waals surface area contributed by atoms with Crippen molar-refractivity contribution in [3.8, 4) is 0 Å². The maximum atomic E-state index is 3.48. The summed E-state index contributed by atoms with van der Waals surface area (Å²) in [4.78, 5) is 4.32. The summed E-state index contributed by atoms with van der Waals surface area (Å²) >= 11 is 4.08. The molecular formula is C14H22N2S2. The van der Waals surface area contributed by atoms with Crippen LogP contribution in [0.4, 0.5) is 0 Å². The van der Waals surface area contributed by atoms with Crippen LogP contribution in [0.25, 0.3) is 0 Å². The number of nitrogens with one attached hydrogen (secondary N) is 1. The van der Waals surface area contributed by atoms with Crippen LogP contribution in [0.3, 0.4) is 0 Å². The zero-order valence-electron chi connectivity index (χ0n) is 10.8. The second-order valence-electron chi connectivity index (χ2n) is 5.20. The zero-order valence-corrected chi connectivity index (χ0v) is 12.4. The smallest absolute Gasteiger partial charge is 0.0471 e. The summed E-state index contributed by atoms with van der Waals surface area (Å²) in [6, 6.07) is 5.25. The quantitative estimate of drug-likeness (QED) is 0.918. The van der Waals surface area contributed by atoms with Gasteiger partial charge in [0, 0.05) is 37.1 Å². The van der Waals surface area contributed by atoms with E-state index >= 15 is 0 Å². The minimum absolute atomic E-state index is 0.688. The third-order valence-electron chi connectivity index (χ3n) is 4.09. The molecule has 0 bridgehead atoms. The van der Waals surface area contributed by atoms with Crippen molar-refractivity contribution >= 4 is 23.1 Å². The van der Waals surface area contributed by atoms with Crippen molar-refractivity contribution in [2.75, 3.05) is 37.7 Å². The van der Waals surface area contributed by atoms with Gasteiger partial charge < -0.3 is 5.32 Å². The lowest BCUT2D eigenvalue weighted by Crippen LogP contribution is -2.47. The van der Waals surface area contributed by atoms with Crippen LogP contribution in [-0.4, -0.2) is 42.6 Å². The standard InChI is InChI=1S/C14H22N2S2/c1-2-13(18-9-1)14(12-3-10-17-11-4-12)16-7-5-15-6-8-16/h1-2,9,12,14-15H,3-8,10-11H2/t14-/m1/s1. The van der Waals surface area contributed by atoms with Crippen molar-refractivity contribution in [2.24, 2.45) is 5.92 Å². The van der Waals surface area contributed by atoms with Gasteiger partial charge >= 0.3 is 0 Å². The Balaban J connectivity index is 1.78. The molecule has 0 radical (unpaired) electrons. The van der Waals surface area contributed by atoms with E-state index in [-0.39, 0.29) is 0 Å². The number of thioether (sulfide) groups is 1. The molecule has 100 valence electrons. The van der Waals surface area contributed by atoms with Crippen LogP contribution < -0.4 is 5.32 Å². The van der Waals surface area contributed by atoms with Gasteiger partial charge in [0.25, 0.3) is 0 Å². The fraction of sp³-hybridized carbons (Fsp3) is 0.714. The molecule has 0 amide bonds. The molecule has 0 spiro atoms. The van der Waals surface area contributed by atoms with Gasteiger partial charge in [-0.1, -0.05) is 6.07 Å². The lowest BCUT2D eigenvalue weighted by Gasteiger charge is -2.40. The summed E-state index contributed by atoms with van der Waals surface area (Å²) < 4.78 is 0. The SMILES string of the molecule is c1csc([C@@H](C2CCSCC2)N2CCNCC2)c1. The molecule has 3 rings (SSSR count). The minimum Gasteiger partial charge on any atom is -0.314 e. The van der Waals surface area contributed by atoms with E-state index in [0.717, 1.165) is 19.0 Å². The van der Waals surface area contributed by atoms with Crippen LogP contribution in [0.1, 0.15) is 23.8 Å². The van der Waals surface area contributed by atoms with E-state index in [4.69, 9.17) is 0 Å². The van der Waals surface area contributed by atoms with Crippen molar-refractivity contribution < 1.29 is 0 Å². The molecule has 1 N–H and O–H groups in total. The first kappa shape index (κ1) is 13.0. The molecule has 0 aliphatic carbocycles. The molecule has 1 atom stereocenters. The summed E-state index contributed by atoms with van der Waals surface area (Å²) in [7, 11) is 0. The highest BCUT2D eigenvalue weighted by Gasteiger charge is 2.31. The molecule has 0 unspecified atom stereocenters. The summed E-state index contributed by atoms with van der Waals surface area (Å²) in [6.45, 7) is 4.74. The Kier molecular flexibility index (Phi) is 4.63. The van der Waals surface area contributed by atoms with Gasteiger partial charge in [0.1, 0.15) is 0 Å². The monoisotopic (exact) mass is 282 g/mol. The predicted octanol–water partition coefficient (Wildman–Crippen LogP) is 2.84. The molecule has 4 heteroatoms. The van der Waals surface area contributed by atoms with Crippen LogP contribution in [0.15, 0.2) is 17.5 Å². The molecule has 18 heavy (non-hydrogen) atoms. The molecule has 2 aliphatic rings. The number of nitrogens with zero attached hydrogens (tertiary/aromatic N) is 1. The van der Waals surface area contributed by atoms with Crippen molar-refractivity contribution in [3.63, 3.8) is 0 Å². The highest BCUT2D eigenvalue weighted by molar-refractivity contribution is 7.99. The third-order valence-corrected chi connectivity index (χ3v) is 6.08. The lowest BCUT2D eigenvalue weighted by molar-refractivity contribution is 0.121. The molecule has 2 aliphatic heterocycles. The topological polar surface area (TPSA) is 15.3 Å². The Morgan fingerprint density at radius 2 is 2.00 bits per heavy atom. The van der Waals surface area contributed by atoms with Crippen LogP contribution in [0.2, 0.25) is 0 Å². The second kappa shape index (κ2) is 6.42. The minimum atomic E-state index is 0.688. The summed E-state index contributed by atoms with van der Waals surface area (Å²) in [5.41, 5.74) is 0. The maximum Gasteiger partial charge on any atom is 0.0471 e. The molecule has 0 aromatic carbocycles. The average molecular weight is 282 g/mol. The molecule has 2 nitrogen and oxygen atoms in total. The lowest BCUT2D eigenvalue weighted by atomic mass is 9.91. The van der Waals surface area contributed by atoms with Crippen molar-refractivity contribution in [1.29, 1.82) is 0 Å². The first-order valence-corrected chi connectivity index (χ1v) is 9.04. The molecule has 0 saturated carbocycles.